The third-order valence-electron chi connectivity index (χ3n) is 5.81. The van der Waals surface area contributed by atoms with Gasteiger partial charge in [0.15, 0.2) is 28.8 Å². The van der Waals surface area contributed by atoms with Crippen molar-refractivity contribution in [3.63, 3.8) is 0 Å². The third kappa shape index (κ3) is 2.45. The second-order valence-electron chi connectivity index (χ2n) is 7.17. The molecule has 0 radical (unpaired) electrons. The van der Waals surface area contributed by atoms with Crippen LogP contribution in [-0.2, 0) is 9.53 Å². The summed E-state index contributed by atoms with van der Waals surface area (Å²) in [6, 6.07) is 6.71. The molecule has 1 N–H and O–H groups in total. The van der Waals surface area contributed by atoms with Gasteiger partial charge in [0, 0.05) is 11.5 Å². The van der Waals surface area contributed by atoms with Gasteiger partial charge in [0.2, 0.25) is 12.5 Å². The normalized spacial score (nSPS) is 24.0. The van der Waals surface area contributed by atoms with Gasteiger partial charge in [-0.2, -0.15) is 0 Å². The van der Waals surface area contributed by atoms with Crippen LogP contribution in [0.25, 0.3) is 0 Å². The number of methoxy groups -OCH3 is 2. The Balaban J connectivity index is 1.76. The van der Waals surface area contributed by atoms with Crippen LogP contribution in [0.5, 0.6) is 28.7 Å². The number of benzene rings is 2. The van der Waals surface area contributed by atoms with Crippen molar-refractivity contribution in [2.45, 2.75) is 5.92 Å². The fourth-order valence-corrected chi connectivity index (χ4v) is 4.45. The average molecular weight is 398 g/mol. The first-order valence-electron chi connectivity index (χ1n) is 9.12. The lowest BCUT2D eigenvalue weighted by Crippen LogP contribution is -2.36. The van der Waals surface area contributed by atoms with Crippen LogP contribution in [0.4, 0.5) is 0 Å². The highest BCUT2D eigenvalue weighted by molar-refractivity contribution is 6.05. The van der Waals surface area contributed by atoms with Gasteiger partial charge in [-0.15, -0.1) is 0 Å². The lowest BCUT2D eigenvalue weighted by atomic mass is 9.67. The quantitative estimate of drug-likeness (QED) is 0.786. The van der Waals surface area contributed by atoms with Gasteiger partial charge in [0.05, 0.1) is 26.1 Å². The Hall–Kier alpha value is -3.42. The van der Waals surface area contributed by atoms with E-state index in [0.29, 0.717) is 28.2 Å². The molecule has 0 spiro atoms. The smallest absolute Gasteiger partial charge is 0.310 e. The number of hydrogen-bond acceptors (Lipinski definition) is 8. The minimum Gasteiger partial charge on any atom is -0.502 e. The minimum absolute atomic E-state index is 0.0407. The maximum absolute atomic E-state index is 13.1. The summed E-state index contributed by atoms with van der Waals surface area (Å²) in [7, 11) is 2.86. The number of rotatable bonds is 3. The van der Waals surface area contributed by atoms with E-state index in [4.69, 9.17) is 23.7 Å². The second kappa shape index (κ2) is 6.30. The molecule has 8 heteroatoms. The summed E-state index contributed by atoms with van der Waals surface area (Å²) in [4.78, 5) is 25.7. The van der Waals surface area contributed by atoms with E-state index >= 15 is 0 Å². The van der Waals surface area contributed by atoms with Crippen molar-refractivity contribution < 1.29 is 38.4 Å². The summed E-state index contributed by atoms with van der Waals surface area (Å²) < 4.78 is 26.7. The lowest BCUT2D eigenvalue weighted by Gasteiger charge is -2.32. The Morgan fingerprint density at radius 3 is 2.28 bits per heavy atom. The summed E-state index contributed by atoms with van der Waals surface area (Å²) >= 11 is 0. The van der Waals surface area contributed by atoms with E-state index in [1.165, 1.54) is 14.2 Å². The third-order valence-corrected chi connectivity index (χ3v) is 5.81. The molecule has 5 rings (SSSR count). The Morgan fingerprint density at radius 2 is 1.62 bits per heavy atom. The molecule has 2 aromatic rings. The van der Waals surface area contributed by atoms with E-state index in [1.54, 1.807) is 24.3 Å². The monoisotopic (exact) mass is 398 g/mol. The SMILES string of the molecule is COc1cc([C@@H]2c3cc4c(cc3C(=O)[C@H]3COC(=O)[C@H]23)OCO4)cc(OC)c1O. The molecule has 0 bridgehead atoms. The fourth-order valence-electron chi connectivity index (χ4n) is 4.45. The molecule has 3 aliphatic rings. The predicted octanol–water partition coefficient (Wildman–Crippen LogP) is 2.26. The highest BCUT2D eigenvalue weighted by Gasteiger charge is 2.52. The van der Waals surface area contributed by atoms with Crippen molar-refractivity contribution in [1.82, 2.24) is 0 Å². The largest absolute Gasteiger partial charge is 0.502 e. The summed E-state index contributed by atoms with van der Waals surface area (Å²) in [5, 5.41) is 10.3. The van der Waals surface area contributed by atoms with Crippen molar-refractivity contribution in [2.24, 2.45) is 11.8 Å². The van der Waals surface area contributed by atoms with Crippen LogP contribution in [0.1, 0.15) is 27.4 Å². The van der Waals surface area contributed by atoms with E-state index in [2.05, 4.69) is 0 Å². The molecule has 0 aromatic heterocycles. The van der Waals surface area contributed by atoms with Crippen molar-refractivity contribution in [1.29, 1.82) is 0 Å². The molecule has 3 atom stereocenters. The van der Waals surface area contributed by atoms with Gasteiger partial charge in [0.25, 0.3) is 0 Å². The topological polar surface area (TPSA) is 101 Å². The van der Waals surface area contributed by atoms with Crippen LogP contribution in [0.2, 0.25) is 0 Å². The van der Waals surface area contributed by atoms with E-state index < -0.39 is 23.7 Å². The van der Waals surface area contributed by atoms with Crippen molar-refractivity contribution >= 4 is 11.8 Å². The summed E-state index contributed by atoms with van der Waals surface area (Å²) in [5.74, 6) is -1.05. The van der Waals surface area contributed by atoms with Crippen molar-refractivity contribution in [3.8, 4) is 28.7 Å². The van der Waals surface area contributed by atoms with Crippen LogP contribution in [0.15, 0.2) is 24.3 Å². The molecular weight excluding hydrogens is 380 g/mol. The lowest BCUT2D eigenvalue weighted by molar-refractivity contribution is -0.141. The molecule has 8 nitrogen and oxygen atoms in total. The zero-order valence-corrected chi connectivity index (χ0v) is 15.8. The molecule has 1 aliphatic carbocycles. The van der Waals surface area contributed by atoms with Gasteiger partial charge in [0.1, 0.15) is 6.61 Å². The predicted molar refractivity (Wildman–Crippen MR) is 97.9 cm³/mol. The van der Waals surface area contributed by atoms with Crippen LogP contribution >= 0.6 is 0 Å². The van der Waals surface area contributed by atoms with Gasteiger partial charge in [-0.05, 0) is 35.4 Å². The Bertz CT molecular complexity index is 1020. The molecule has 29 heavy (non-hydrogen) atoms. The van der Waals surface area contributed by atoms with Gasteiger partial charge in [-0.25, -0.2) is 0 Å². The zero-order chi connectivity index (χ0) is 20.3. The van der Waals surface area contributed by atoms with Crippen LogP contribution in [-0.4, -0.2) is 44.5 Å². The van der Waals surface area contributed by atoms with Crippen molar-refractivity contribution in [3.05, 3.63) is 41.0 Å². The summed E-state index contributed by atoms with van der Waals surface area (Å²) in [5.41, 5.74) is 1.79. The van der Waals surface area contributed by atoms with Crippen LogP contribution in [0, 0.1) is 11.8 Å². The number of phenolic OH excluding ortho intramolecular Hbond substituents is 1. The average Bonchev–Trinajstić information content (AvgIpc) is 3.34. The number of hydrogen-bond donors (Lipinski definition) is 1. The maximum Gasteiger partial charge on any atom is 0.310 e. The highest BCUT2D eigenvalue weighted by atomic mass is 16.7. The molecule has 150 valence electrons. The summed E-state index contributed by atoms with van der Waals surface area (Å²) in [6.45, 7) is 0.117. The number of Topliss-reactive ketones (excluding diaryl/α,β-unsaturated/α-hetero) is 1. The fraction of sp³-hybridized carbons (Fsp3) is 0.333. The molecular formula is C21H18O8. The Kier molecular flexibility index (Phi) is 3.84. The van der Waals surface area contributed by atoms with E-state index in [1.807, 2.05) is 0 Å². The number of esters is 1. The molecule has 0 unspecified atom stereocenters. The standard InChI is InChI=1S/C21H18O8/c1-25-15-3-9(4-16(26-2)20(15)23)17-10-5-13-14(29-8-28-13)6-11(10)19(22)12-7-27-21(24)18(12)17/h3-6,12,17-18,23H,7-8H2,1-2H3/t12-,17+,18-/m0/s1. The zero-order valence-electron chi connectivity index (χ0n) is 15.8. The molecule has 2 heterocycles. The van der Waals surface area contributed by atoms with Crippen molar-refractivity contribution in [2.75, 3.05) is 27.6 Å². The van der Waals surface area contributed by atoms with Gasteiger partial charge < -0.3 is 28.8 Å². The molecule has 1 saturated heterocycles. The van der Waals surface area contributed by atoms with E-state index in [-0.39, 0.29) is 36.4 Å². The number of aromatic hydroxyl groups is 1. The molecule has 2 aromatic carbocycles. The molecule has 0 saturated carbocycles. The minimum atomic E-state index is -0.686. The number of carbonyl (C=O) groups excluding carboxylic acids is 2. The second-order valence-corrected chi connectivity index (χ2v) is 7.17. The number of ketones is 1. The number of carbonyl (C=O) groups is 2. The first-order chi connectivity index (χ1) is 14.0. The number of cyclic esters (lactones) is 1. The van der Waals surface area contributed by atoms with Crippen LogP contribution in [0.3, 0.4) is 0 Å². The highest BCUT2D eigenvalue weighted by Crippen LogP contribution is 2.52. The number of ether oxygens (including phenoxy) is 5. The molecule has 1 fully saturated rings. The Labute approximate surface area is 165 Å². The maximum atomic E-state index is 13.1. The first-order valence-corrected chi connectivity index (χ1v) is 9.12. The van der Waals surface area contributed by atoms with E-state index in [0.717, 1.165) is 0 Å². The van der Waals surface area contributed by atoms with Gasteiger partial charge in [-0.3, -0.25) is 9.59 Å². The molecule has 0 amide bonds. The molecule has 2 aliphatic heterocycles. The summed E-state index contributed by atoms with van der Waals surface area (Å²) in [6.07, 6.45) is 0. The number of phenols is 1. The van der Waals surface area contributed by atoms with E-state index in [9.17, 15) is 14.7 Å². The Morgan fingerprint density at radius 1 is 0.966 bits per heavy atom. The van der Waals surface area contributed by atoms with Gasteiger partial charge >= 0.3 is 5.97 Å². The van der Waals surface area contributed by atoms with Crippen LogP contribution < -0.4 is 18.9 Å². The first kappa shape index (κ1) is 17.7. The van der Waals surface area contributed by atoms with Gasteiger partial charge in [-0.1, -0.05) is 0 Å². The number of fused-ring (bicyclic) bond motifs is 3.